The lowest BCUT2D eigenvalue weighted by atomic mass is 9.79. The van der Waals surface area contributed by atoms with Gasteiger partial charge in [-0.1, -0.05) is 42.5 Å². The molecule has 0 amide bonds. The van der Waals surface area contributed by atoms with Crippen molar-refractivity contribution in [1.29, 1.82) is 0 Å². The highest BCUT2D eigenvalue weighted by molar-refractivity contribution is 6.04. The van der Waals surface area contributed by atoms with Crippen LogP contribution in [0.25, 0.3) is 11.1 Å². The Morgan fingerprint density at radius 2 is 1.61 bits per heavy atom. The number of methoxy groups -OCH3 is 1. The van der Waals surface area contributed by atoms with Gasteiger partial charge in [0.25, 0.3) is 0 Å². The van der Waals surface area contributed by atoms with Crippen molar-refractivity contribution in [3.05, 3.63) is 89.5 Å². The van der Waals surface area contributed by atoms with Gasteiger partial charge in [-0.05, 0) is 56.2 Å². The van der Waals surface area contributed by atoms with E-state index >= 15 is 0 Å². The number of esters is 1. The number of rotatable bonds is 7. The quantitative estimate of drug-likeness (QED) is 0.433. The molecular formula is C28H28O5. The number of benzene rings is 3. The van der Waals surface area contributed by atoms with Crippen molar-refractivity contribution >= 4 is 17.1 Å². The Kier molecular flexibility index (Phi) is 6.40. The molecule has 1 aliphatic heterocycles. The third kappa shape index (κ3) is 4.72. The van der Waals surface area contributed by atoms with Crippen LogP contribution in [0, 0.1) is 0 Å². The van der Waals surface area contributed by atoms with Crippen LogP contribution in [0.2, 0.25) is 0 Å². The highest BCUT2D eigenvalue weighted by Crippen LogP contribution is 2.48. The predicted octanol–water partition coefficient (Wildman–Crippen LogP) is 5.77. The summed E-state index contributed by atoms with van der Waals surface area (Å²) >= 11 is 0. The molecule has 5 nitrogen and oxygen atoms in total. The van der Waals surface area contributed by atoms with Crippen molar-refractivity contribution in [2.75, 3.05) is 20.3 Å². The second-order valence-corrected chi connectivity index (χ2v) is 8.21. The molecule has 3 aromatic carbocycles. The number of carbonyl (C=O) groups excluding carboxylic acids is 1. The van der Waals surface area contributed by atoms with Gasteiger partial charge in [0.2, 0.25) is 0 Å². The van der Waals surface area contributed by atoms with E-state index in [9.17, 15) is 4.79 Å². The van der Waals surface area contributed by atoms with Gasteiger partial charge in [-0.2, -0.15) is 0 Å². The molecule has 3 aromatic rings. The first kappa shape index (κ1) is 22.5. The molecular weight excluding hydrogens is 416 g/mol. The molecule has 0 aromatic heterocycles. The molecule has 170 valence electrons. The van der Waals surface area contributed by atoms with E-state index in [-0.39, 0.29) is 12.6 Å². The minimum atomic E-state index is -0.574. The number of ether oxygens (including phenoxy) is 4. The summed E-state index contributed by atoms with van der Waals surface area (Å²) in [6.07, 6.45) is 0. The van der Waals surface area contributed by atoms with E-state index in [4.69, 9.17) is 18.9 Å². The normalized spacial score (nSPS) is 14.2. The number of fused-ring (bicyclic) bond motifs is 1. The van der Waals surface area contributed by atoms with Crippen LogP contribution in [0.1, 0.15) is 37.5 Å². The zero-order valence-corrected chi connectivity index (χ0v) is 19.4. The molecule has 33 heavy (non-hydrogen) atoms. The zero-order chi connectivity index (χ0) is 23.4. The molecule has 0 bridgehead atoms. The van der Waals surface area contributed by atoms with Gasteiger partial charge in [0.1, 0.15) is 22.8 Å². The third-order valence-electron chi connectivity index (χ3n) is 5.54. The summed E-state index contributed by atoms with van der Waals surface area (Å²) in [7, 11) is 1.65. The topological polar surface area (TPSA) is 54.0 Å². The molecule has 1 aliphatic rings. The molecule has 4 rings (SSSR count). The number of carbonyl (C=O) groups is 1. The molecule has 0 radical (unpaired) electrons. The number of hydrogen-bond donors (Lipinski definition) is 0. The molecule has 0 aliphatic carbocycles. The minimum Gasteiger partial charge on any atom is -0.497 e. The highest BCUT2D eigenvalue weighted by atomic mass is 16.6. The van der Waals surface area contributed by atoms with Crippen LogP contribution in [0.5, 0.6) is 17.2 Å². The van der Waals surface area contributed by atoms with Gasteiger partial charge in [-0.15, -0.1) is 0 Å². The first-order valence-corrected chi connectivity index (χ1v) is 11.0. The van der Waals surface area contributed by atoms with Gasteiger partial charge in [-0.25, -0.2) is 4.79 Å². The average molecular weight is 445 g/mol. The van der Waals surface area contributed by atoms with E-state index in [0.29, 0.717) is 12.4 Å². The van der Waals surface area contributed by atoms with Gasteiger partial charge >= 0.3 is 5.97 Å². The zero-order valence-electron chi connectivity index (χ0n) is 19.4. The summed E-state index contributed by atoms with van der Waals surface area (Å²) in [4.78, 5) is 11.6. The monoisotopic (exact) mass is 444 g/mol. The van der Waals surface area contributed by atoms with Crippen molar-refractivity contribution in [2.45, 2.75) is 26.4 Å². The SMILES string of the molecule is CCOC(=O)COc1ccc(C2=C(c3ccccc3)C(C)(C)Oc3cc(OC)ccc32)cc1. The van der Waals surface area contributed by atoms with E-state index in [1.165, 1.54) is 0 Å². The minimum absolute atomic E-state index is 0.116. The third-order valence-corrected chi connectivity index (χ3v) is 5.54. The summed E-state index contributed by atoms with van der Waals surface area (Å²) in [5.74, 6) is 1.74. The molecule has 0 spiro atoms. The fourth-order valence-electron chi connectivity index (χ4n) is 4.14. The second-order valence-electron chi connectivity index (χ2n) is 8.21. The summed E-state index contributed by atoms with van der Waals surface area (Å²) in [5, 5.41) is 0. The van der Waals surface area contributed by atoms with Crippen molar-refractivity contribution in [1.82, 2.24) is 0 Å². The first-order chi connectivity index (χ1) is 15.9. The van der Waals surface area contributed by atoms with Crippen LogP contribution >= 0.6 is 0 Å². The van der Waals surface area contributed by atoms with E-state index in [2.05, 4.69) is 26.0 Å². The maximum absolute atomic E-state index is 11.6. The van der Waals surface area contributed by atoms with Gasteiger partial charge < -0.3 is 18.9 Å². The summed E-state index contributed by atoms with van der Waals surface area (Å²) in [6.45, 7) is 6.14. The Morgan fingerprint density at radius 1 is 0.909 bits per heavy atom. The van der Waals surface area contributed by atoms with E-state index in [1.54, 1.807) is 14.0 Å². The molecule has 5 heteroatoms. The van der Waals surface area contributed by atoms with E-state index < -0.39 is 5.60 Å². The molecule has 1 heterocycles. The standard InChI is InChI=1S/C28H28O5/c1-5-31-25(29)18-32-21-13-11-19(12-14-21)26-23-16-15-22(30-4)17-24(23)33-28(2,3)27(26)20-9-7-6-8-10-20/h6-17H,5,18H2,1-4H3. The Balaban J connectivity index is 1.81. The van der Waals surface area contributed by atoms with Gasteiger partial charge in [0.15, 0.2) is 6.61 Å². The fraction of sp³-hybridized carbons (Fsp3) is 0.250. The van der Waals surface area contributed by atoms with E-state index in [1.807, 2.05) is 60.7 Å². The lowest BCUT2D eigenvalue weighted by Crippen LogP contribution is -2.34. The van der Waals surface area contributed by atoms with Gasteiger partial charge in [0, 0.05) is 22.8 Å². The maximum atomic E-state index is 11.6. The van der Waals surface area contributed by atoms with Gasteiger partial charge in [-0.3, -0.25) is 0 Å². The average Bonchev–Trinajstić information content (AvgIpc) is 2.82. The second kappa shape index (κ2) is 9.41. The largest absolute Gasteiger partial charge is 0.497 e. The Morgan fingerprint density at radius 3 is 2.27 bits per heavy atom. The van der Waals surface area contributed by atoms with Crippen LogP contribution in [-0.4, -0.2) is 31.9 Å². The van der Waals surface area contributed by atoms with Gasteiger partial charge in [0.05, 0.1) is 13.7 Å². The maximum Gasteiger partial charge on any atom is 0.344 e. The summed E-state index contributed by atoms with van der Waals surface area (Å²) < 4.78 is 22.4. The van der Waals surface area contributed by atoms with Crippen LogP contribution in [0.3, 0.4) is 0 Å². The van der Waals surface area contributed by atoms with Crippen molar-refractivity contribution in [3.63, 3.8) is 0 Å². The predicted molar refractivity (Wildman–Crippen MR) is 129 cm³/mol. The summed E-state index contributed by atoms with van der Waals surface area (Å²) in [6, 6.07) is 23.9. The smallest absolute Gasteiger partial charge is 0.344 e. The first-order valence-electron chi connectivity index (χ1n) is 11.0. The Labute approximate surface area is 194 Å². The molecule has 0 N–H and O–H groups in total. The van der Waals surface area contributed by atoms with Crippen LogP contribution < -0.4 is 14.2 Å². The van der Waals surface area contributed by atoms with Crippen LogP contribution in [0.15, 0.2) is 72.8 Å². The fourth-order valence-corrected chi connectivity index (χ4v) is 4.14. The van der Waals surface area contributed by atoms with Crippen molar-refractivity contribution in [2.24, 2.45) is 0 Å². The van der Waals surface area contributed by atoms with Crippen molar-refractivity contribution < 1.29 is 23.7 Å². The lowest BCUT2D eigenvalue weighted by molar-refractivity contribution is -0.145. The lowest BCUT2D eigenvalue weighted by Gasteiger charge is -2.38. The van der Waals surface area contributed by atoms with Crippen LogP contribution in [-0.2, 0) is 9.53 Å². The molecule has 0 saturated carbocycles. The highest BCUT2D eigenvalue weighted by Gasteiger charge is 2.36. The van der Waals surface area contributed by atoms with E-state index in [0.717, 1.165) is 39.3 Å². The van der Waals surface area contributed by atoms with Crippen molar-refractivity contribution in [3.8, 4) is 17.2 Å². The Hall–Kier alpha value is -3.73. The molecule has 0 fully saturated rings. The number of hydrogen-bond acceptors (Lipinski definition) is 5. The molecule has 0 atom stereocenters. The molecule has 0 saturated heterocycles. The van der Waals surface area contributed by atoms with Crippen LogP contribution in [0.4, 0.5) is 0 Å². The molecule has 0 unspecified atom stereocenters. The summed E-state index contributed by atoms with van der Waals surface area (Å²) in [5.41, 5.74) is 4.73. The Bertz CT molecular complexity index is 1160.